The molecule has 2 N–H and O–H groups in total. The van der Waals surface area contributed by atoms with Crippen LogP contribution in [0.1, 0.15) is 12.5 Å². The summed E-state index contributed by atoms with van der Waals surface area (Å²) in [6.07, 6.45) is 0. The third-order valence-corrected chi connectivity index (χ3v) is 3.58. The van der Waals surface area contributed by atoms with Gasteiger partial charge in [-0.3, -0.25) is 0 Å². The molecule has 3 heteroatoms. The first-order valence-electron chi connectivity index (χ1n) is 5.69. The summed E-state index contributed by atoms with van der Waals surface area (Å²) in [5, 5.41) is 0. The summed E-state index contributed by atoms with van der Waals surface area (Å²) in [5.74, 6) is 3.70. The van der Waals surface area contributed by atoms with Gasteiger partial charge in [-0.25, -0.2) is 0 Å². The lowest BCUT2D eigenvalue weighted by Gasteiger charge is -2.09. The molecule has 0 aliphatic heterocycles. The van der Waals surface area contributed by atoms with Crippen molar-refractivity contribution in [2.24, 2.45) is 11.7 Å². The highest BCUT2D eigenvalue weighted by Gasteiger charge is 1.99. The first-order valence-corrected chi connectivity index (χ1v) is 6.85. The zero-order valence-electron chi connectivity index (χ0n) is 10.1. The van der Waals surface area contributed by atoms with E-state index >= 15 is 0 Å². The summed E-state index contributed by atoms with van der Waals surface area (Å²) in [6, 6.07) is 8.17. The Morgan fingerprint density at radius 3 is 2.62 bits per heavy atom. The summed E-state index contributed by atoms with van der Waals surface area (Å²) >= 11 is 1.90. The molecule has 1 aromatic rings. The standard InChI is InChI=1S/C13H21NOS/c1-11-3-5-13(6-4-11)15-7-8-16-10-12(2)9-14/h3-6,12H,7-10,14H2,1-2H3. The number of ether oxygens (including phenoxy) is 1. The topological polar surface area (TPSA) is 35.2 Å². The molecule has 1 atom stereocenters. The van der Waals surface area contributed by atoms with Gasteiger partial charge in [-0.2, -0.15) is 11.8 Å². The molecular formula is C13H21NOS. The summed E-state index contributed by atoms with van der Waals surface area (Å²) in [6.45, 7) is 5.79. The van der Waals surface area contributed by atoms with Crippen molar-refractivity contribution in [3.63, 3.8) is 0 Å². The van der Waals surface area contributed by atoms with Crippen LogP contribution in [0, 0.1) is 12.8 Å². The highest BCUT2D eigenvalue weighted by molar-refractivity contribution is 7.99. The van der Waals surface area contributed by atoms with E-state index in [1.54, 1.807) is 0 Å². The number of benzene rings is 1. The minimum atomic E-state index is 0.601. The Balaban J connectivity index is 2.09. The maximum absolute atomic E-state index is 5.62. The van der Waals surface area contributed by atoms with Gasteiger partial charge in [0.05, 0.1) is 6.61 Å². The average Bonchev–Trinajstić information content (AvgIpc) is 2.31. The molecule has 2 nitrogen and oxygen atoms in total. The smallest absolute Gasteiger partial charge is 0.119 e. The van der Waals surface area contributed by atoms with E-state index in [0.29, 0.717) is 5.92 Å². The lowest BCUT2D eigenvalue weighted by molar-refractivity contribution is 0.344. The summed E-state index contributed by atoms with van der Waals surface area (Å²) in [7, 11) is 0. The minimum Gasteiger partial charge on any atom is -0.493 e. The third-order valence-electron chi connectivity index (χ3n) is 2.32. The Bertz CT molecular complexity index is 286. The van der Waals surface area contributed by atoms with Crippen LogP contribution in [0.4, 0.5) is 0 Å². The van der Waals surface area contributed by atoms with Crippen molar-refractivity contribution >= 4 is 11.8 Å². The predicted molar refractivity (Wildman–Crippen MR) is 72.2 cm³/mol. The zero-order valence-corrected chi connectivity index (χ0v) is 10.9. The summed E-state index contributed by atoms with van der Waals surface area (Å²) < 4.78 is 5.62. The maximum Gasteiger partial charge on any atom is 0.119 e. The molecule has 16 heavy (non-hydrogen) atoms. The second kappa shape index (κ2) is 7.58. The van der Waals surface area contributed by atoms with Crippen molar-refractivity contribution in [2.45, 2.75) is 13.8 Å². The molecular weight excluding hydrogens is 218 g/mol. The van der Waals surface area contributed by atoms with Crippen LogP contribution in [0.2, 0.25) is 0 Å². The Kier molecular flexibility index (Phi) is 6.34. The quantitative estimate of drug-likeness (QED) is 0.743. The van der Waals surface area contributed by atoms with Crippen LogP contribution in [0.25, 0.3) is 0 Å². The van der Waals surface area contributed by atoms with E-state index in [1.165, 1.54) is 5.56 Å². The average molecular weight is 239 g/mol. The fraction of sp³-hybridized carbons (Fsp3) is 0.538. The van der Waals surface area contributed by atoms with E-state index in [2.05, 4.69) is 26.0 Å². The number of thioether (sulfide) groups is 1. The number of nitrogens with two attached hydrogens (primary N) is 1. The SMILES string of the molecule is Cc1ccc(OCCSCC(C)CN)cc1. The molecule has 0 aliphatic carbocycles. The van der Waals surface area contributed by atoms with Gasteiger partial charge >= 0.3 is 0 Å². The molecule has 0 radical (unpaired) electrons. The van der Waals surface area contributed by atoms with Crippen LogP contribution >= 0.6 is 11.8 Å². The van der Waals surface area contributed by atoms with E-state index in [1.807, 2.05) is 23.9 Å². The van der Waals surface area contributed by atoms with Gasteiger partial charge < -0.3 is 10.5 Å². The van der Waals surface area contributed by atoms with Crippen molar-refractivity contribution in [1.29, 1.82) is 0 Å². The molecule has 0 bridgehead atoms. The third kappa shape index (κ3) is 5.42. The van der Waals surface area contributed by atoms with E-state index < -0.39 is 0 Å². The minimum absolute atomic E-state index is 0.601. The number of aryl methyl sites for hydroxylation is 1. The van der Waals surface area contributed by atoms with E-state index in [-0.39, 0.29) is 0 Å². The molecule has 0 heterocycles. The molecule has 0 aromatic heterocycles. The molecule has 1 unspecified atom stereocenters. The largest absolute Gasteiger partial charge is 0.493 e. The molecule has 1 aromatic carbocycles. The van der Waals surface area contributed by atoms with Crippen molar-refractivity contribution < 1.29 is 4.74 Å². The first-order chi connectivity index (χ1) is 7.72. The fourth-order valence-electron chi connectivity index (χ4n) is 1.21. The number of rotatable bonds is 7. The lowest BCUT2D eigenvalue weighted by Crippen LogP contribution is -2.13. The normalized spacial score (nSPS) is 12.4. The van der Waals surface area contributed by atoms with Crippen molar-refractivity contribution in [3.05, 3.63) is 29.8 Å². The molecule has 90 valence electrons. The zero-order chi connectivity index (χ0) is 11.8. The molecule has 0 spiro atoms. The second-order valence-corrected chi connectivity index (χ2v) is 5.23. The van der Waals surface area contributed by atoms with Gasteiger partial charge in [-0.1, -0.05) is 24.6 Å². The maximum atomic E-state index is 5.62. The Hall–Kier alpha value is -0.670. The summed E-state index contributed by atoms with van der Waals surface area (Å²) in [4.78, 5) is 0. The molecule has 0 fully saturated rings. The van der Waals surface area contributed by atoms with Gasteiger partial charge in [-0.05, 0) is 37.3 Å². The Morgan fingerprint density at radius 1 is 1.31 bits per heavy atom. The van der Waals surface area contributed by atoms with Crippen LogP contribution in [0.3, 0.4) is 0 Å². The van der Waals surface area contributed by atoms with Crippen LogP contribution in [-0.4, -0.2) is 24.7 Å². The molecule has 0 saturated heterocycles. The van der Waals surface area contributed by atoms with Crippen LogP contribution in [0.15, 0.2) is 24.3 Å². The fourth-order valence-corrected chi connectivity index (χ4v) is 2.11. The summed E-state index contributed by atoms with van der Waals surface area (Å²) in [5.41, 5.74) is 6.81. The van der Waals surface area contributed by atoms with Crippen LogP contribution in [-0.2, 0) is 0 Å². The molecule has 0 saturated carbocycles. The second-order valence-electron chi connectivity index (χ2n) is 4.08. The molecule has 0 amide bonds. The highest BCUT2D eigenvalue weighted by Crippen LogP contribution is 2.12. The van der Waals surface area contributed by atoms with Gasteiger partial charge in [0, 0.05) is 5.75 Å². The predicted octanol–water partition coefficient (Wildman–Crippen LogP) is 2.70. The number of hydrogen-bond acceptors (Lipinski definition) is 3. The Morgan fingerprint density at radius 2 is 2.00 bits per heavy atom. The van der Waals surface area contributed by atoms with E-state index in [0.717, 1.165) is 30.4 Å². The van der Waals surface area contributed by atoms with Crippen molar-refractivity contribution in [1.82, 2.24) is 0 Å². The van der Waals surface area contributed by atoms with Crippen LogP contribution < -0.4 is 10.5 Å². The lowest BCUT2D eigenvalue weighted by atomic mass is 10.2. The van der Waals surface area contributed by atoms with E-state index in [9.17, 15) is 0 Å². The first kappa shape index (κ1) is 13.4. The van der Waals surface area contributed by atoms with Crippen LogP contribution in [0.5, 0.6) is 5.75 Å². The highest BCUT2D eigenvalue weighted by atomic mass is 32.2. The van der Waals surface area contributed by atoms with Crippen molar-refractivity contribution in [2.75, 3.05) is 24.7 Å². The Labute approximate surface area is 103 Å². The molecule has 1 rings (SSSR count). The van der Waals surface area contributed by atoms with Crippen molar-refractivity contribution in [3.8, 4) is 5.75 Å². The van der Waals surface area contributed by atoms with Gasteiger partial charge in [0.1, 0.15) is 5.75 Å². The monoisotopic (exact) mass is 239 g/mol. The van der Waals surface area contributed by atoms with E-state index in [4.69, 9.17) is 10.5 Å². The van der Waals surface area contributed by atoms with Gasteiger partial charge in [0.15, 0.2) is 0 Å². The van der Waals surface area contributed by atoms with Gasteiger partial charge in [0.25, 0.3) is 0 Å². The van der Waals surface area contributed by atoms with Gasteiger partial charge in [-0.15, -0.1) is 0 Å². The van der Waals surface area contributed by atoms with Gasteiger partial charge in [0.2, 0.25) is 0 Å². The number of hydrogen-bond donors (Lipinski definition) is 1. The molecule has 0 aliphatic rings.